The molecule has 26 heavy (non-hydrogen) atoms. The van der Waals surface area contributed by atoms with E-state index in [0.29, 0.717) is 13.1 Å². The van der Waals surface area contributed by atoms with E-state index in [0.717, 1.165) is 29.0 Å². The second kappa shape index (κ2) is 8.04. The van der Waals surface area contributed by atoms with Gasteiger partial charge in [0.25, 0.3) is 0 Å². The quantitative estimate of drug-likeness (QED) is 0.869. The first-order valence-electron chi connectivity index (χ1n) is 8.84. The van der Waals surface area contributed by atoms with Crippen LogP contribution in [0.15, 0.2) is 48.5 Å². The summed E-state index contributed by atoms with van der Waals surface area (Å²) in [5.74, 6) is 0.486. The molecule has 0 spiro atoms. The maximum atomic E-state index is 12.5. The zero-order valence-electron chi connectivity index (χ0n) is 15.2. The number of methoxy groups -OCH3 is 1. The van der Waals surface area contributed by atoms with Gasteiger partial charge in [0, 0.05) is 25.2 Å². The van der Waals surface area contributed by atoms with Crippen molar-refractivity contribution in [3.8, 4) is 5.75 Å². The molecule has 1 N–H and O–H groups in total. The number of hydrogen-bond donors (Lipinski definition) is 1. The van der Waals surface area contributed by atoms with Crippen molar-refractivity contribution in [2.24, 2.45) is 5.92 Å². The molecule has 0 saturated carbocycles. The maximum Gasteiger partial charge on any atom is 0.229 e. The highest BCUT2D eigenvalue weighted by atomic mass is 16.5. The number of hydrogen-bond acceptors (Lipinski definition) is 3. The minimum absolute atomic E-state index is 0.0449. The number of amides is 2. The van der Waals surface area contributed by atoms with E-state index in [1.165, 1.54) is 0 Å². The fourth-order valence-corrected chi connectivity index (χ4v) is 3.17. The topological polar surface area (TPSA) is 58.6 Å². The van der Waals surface area contributed by atoms with Crippen LogP contribution < -0.4 is 10.1 Å². The number of para-hydroxylation sites is 1. The van der Waals surface area contributed by atoms with Crippen LogP contribution in [0.3, 0.4) is 0 Å². The Hall–Kier alpha value is -2.82. The monoisotopic (exact) mass is 352 g/mol. The number of benzene rings is 2. The normalized spacial score (nSPS) is 16.6. The van der Waals surface area contributed by atoms with Gasteiger partial charge >= 0.3 is 0 Å². The van der Waals surface area contributed by atoms with Crippen LogP contribution in [0.2, 0.25) is 0 Å². The lowest BCUT2D eigenvalue weighted by Gasteiger charge is -2.17. The van der Waals surface area contributed by atoms with Crippen molar-refractivity contribution in [2.45, 2.75) is 19.8 Å². The number of anilines is 1. The molecule has 5 nitrogen and oxygen atoms in total. The summed E-state index contributed by atoms with van der Waals surface area (Å²) in [7, 11) is 1.64. The summed E-state index contributed by atoms with van der Waals surface area (Å²) in [6.45, 7) is 3.06. The number of nitrogens with one attached hydrogen (secondary N) is 1. The van der Waals surface area contributed by atoms with Gasteiger partial charge in [-0.1, -0.05) is 30.3 Å². The molecule has 1 aliphatic rings. The largest absolute Gasteiger partial charge is 0.497 e. The molecule has 1 aliphatic heterocycles. The molecular formula is C21H24N2O3. The molecular weight excluding hydrogens is 328 g/mol. The van der Waals surface area contributed by atoms with E-state index in [4.69, 9.17) is 4.74 Å². The second-order valence-corrected chi connectivity index (χ2v) is 6.64. The smallest absolute Gasteiger partial charge is 0.229 e. The van der Waals surface area contributed by atoms with Crippen molar-refractivity contribution in [3.05, 3.63) is 59.7 Å². The van der Waals surface area contributed by atoms with E-state index in [1.54, 1.807) is 12.0 Å². The lowest BCUT2D eigenvalue weighted by atomic mass is 10.1. The van der Waals surface area contributed by atoms with E-state index < -0.39 is 0 Å². The Balaban J connectivity index is 1.54. The van der Waals surface area contributed by atoms with Gasteiger partial charge in [-0.15, -0.1) is 0 Å². The van der Waals surface area contributed by atoms with Crippen LogP contribution in [0.25, 0.3) is 0 Å². The number of carbonyl (C=O) groups is 2. The predicted molar refractivity (Wildman–Crippen MR) is 101 cm³/mol. The number of ether oxygens (including phenoxy) is 1. The molecule has 2 aromatic carbocycles. The first-order valence-corrected chi connectivity index (χ1v) is 8.84. The highest BCUT2D eigenvalue weighted by Gasteiger charge is 2.34. The number of carbonyl (C=O) groups excluding carboxylic acids is 2. The van der Waals surface area contributed by atoms with Gasteiger partial charge in [-0.25, -0.2) is 0 Å². The lowest BCUT2D eigenvalue weighted by Crippen LogP contribution is -2.30. The maximum absolute atomic E-state index is 12.5. The average Bonchev–Trinajstić information content (AvgIpc) is 3.03. The van der Waals surface area contributed by atoms with Gasteiger partial charge in [0.1, 0.15) is 5.75 Å². The molecule has 3 rings (SSSR count). The van der Waals surface area contributed by atoms with Crippen LogP contribution >= 0.6 is 0 Å². The summed E-state index contributed by atoms with van der Waals surface area (Å²) in [4.78, 5) is 26.5. The van der Waals surface area contributed by atoms with Crippen LogP contribution in [0, 0.1) is 12.8 Å². The van der Waals surface area contributed by atoms with Crippen LogP contribution in [-0.2, 0) is 16.0 Å². The van der Waals surface area contributed by atoms with Crippen molar-refractivity contribution in [3.63, 3.8) is 0 Å². The van der Waals surface area contributed by atoms with Gasteiger partial charge in [0.15, 0.2) is 0 Å². The fourth-order valence-electron chi connectivity index (χ4n) is 3.17. The van der Waals surface area contributed by atoms with Crippen LogP contribution in [0.5, 0.6) is 5.75 Å². The molecule has 1 saturated heterocycles. The molecule has 0 aliphatic carbocycles. The molecule has 1 heterocycles. The predicted octanol–water partition coefficient (Wildman–Crippen LogP) is 3.03. The summed E-state index contributed by atoms with van der Waals surface area (Å²) in [6.07, 6.45) is 1.04. The molecule has 1 atom stereocenters. The Labute approximate surface area is 154 Å². The molecule has 136 valence electrons. The highest BCUT2D eigenvalue weighted by Crippen LogP contribution is 2.22. The number of likely N-dealkylation sites (tertiary alicyclic amines) is 1. The van der Waals surface area contributed by atoms with Crippen molar-refractivity contribution in [1.82, 2.24) is 4.90 Å². The molecule has 0 bridgehead atoms. The van der Waals surface area contributed by atoms with Crippen molar-refractivity contribution < 1.29 is 14.3 Å². The molecule has 0 radical (unpaired) electrons. The standard InChI is InChI=1S/C21H24N2O3/c1-15-5-3-4-6-19(15)22-21(25)17-13-20(24)23(14-17)12-11-16-7-9-18(26-2)10-8-16/h3-10,17H,11-14H2,1-2H3,(H,22,25). The van der Waals surface area contributed by atoms with Crippen molar-refractivity contribution in [1.29, 1.82) is 0 Å². The van der Waals surface area contributed by atoms with E-state index in [1.807, 2.05) is 55.5 Å². The minimum atomic E-state index is -0.294. The van der Waals surface area contributed by atoms with Gasteiger partial charge < -0.3 is 15.0 Å². The SMILES string of the molecule is COc1ccc(CCN2CC(C(=O)Nc3ccccc3C)CC2=O)cc1. The Kier molecular flexibility index (Phi) is 5.56. The van der Waals surface area contributed by atoms with Gasteiger partial charge in [0.2, 0.25) is 11.8 Å². The van der Waals surface area contributed by atoms with Gasteiger partial charge in [0.05, 0.1) is 13.0 Å². The third kappa shape index (κ3) is 4.23. The summed E-state index contributed by atoms with van der Waals surface area (Å²) in [5.41, 5.74) is 2.97. The zero-order chi connectivity index (χ0) is 18.5. The third-order valence-corrected chi connectivity index (χ3v) is 4.82. The van der Waals surface area contributed by atoms with Crippen LogP contribution in [0.1, 0.15) is 17.5 Å². The zero-order valence-corrected chi connectivity index (χ0v) is 15.2. The molecule has 1 unspecified atom stereocenters. The molecule has 2 amide bonds. The Morgan fingerprint density at radius 3 is 2.62 bits per heavy atom. The summed E-state index contributed by atoms with van der Waals surface area (Å²) in [6, 6.07) is 15.5. The fraction of sp³-hybridized carbons (Fsp3) is 0.333. The summed E-state index contributed by atoms with van der Waals surface area (Å²) >= 11 is 0. The Bertz CT molecular complexity index is 786. The molecule has 1 fully saturated rings. The van der Waals surface area contributed by atoms with E-state index in [-0.39, 0.29) is 24.2 Å². The molecule has 2 aromatic rings. The summed E-state index contributed by atoms with van der Waals surface area (Å²) in [5, 5.41) is 2.95. The number of nitrogens with zero attached hydrogens (tertiary/aromatic N) is 1. The van der Waals surface area contributed by atoms with Gasteiger partial charge in [-0.2, -0.15) is 0 Å². The number of rotatable bonds is 6. The lowest BCUT2D eigenvalue weighted by molar-refractivity contribution is -0.128. The van der Waals surface area contributed by atoms with Crippen LogP contribution in [-0.4, -0.2) is 36.9 Å². The van der Waals surface area contributed by atoms with E-state index in [2.05, 4.69) is 5.32 Å². The minimum Gasteiger partial charge on any atom is -0.497 e. The van der Waals surface area contributed by atoms with Gasteiger partial charge in [-0.05, 0) is 42.7 Å². The third-order valence-electron chi connectivity index (χ3n) is 4.82. The first kappa shape index (κ1) is 18.0. The van der Waals surface area contributed by atoms with E-state index >= 15 is 0 Å². The molecule has 5 heteroatoms. The highest BCUT2D eigenvalue weighted by molar-refractivity contribution is 5.97. The Morgan fingerprint density at radius 1 is 1.19 bits per heavy atom. The molecule has 0 aromatic heterocycles. The van der Waals surface area contributed by atoms with E-state index in [9.17, 15) is 9.59 Å². The average molecular weight is 352 g/mol. The number of aryl methyl sites for hydroxylation is 1. The Morgan fingerprint density at radius 2 is 1.92 bits per heavy atom. The van der Waals surface area contributed by atoms with Crippen LogP contribution in [0.4, 0.5) is 5.69 Å². The van der Waals surface area contributed by atoms with Crippen molar-refractivity contribution in [2.75, 3.05) is 25.5 Å². The van der Waals surface area contributed by atoms with Gasteiger partial charge in [-0.3, -0.25) is 9.59 Å². The summed E-state index contributed by atoms with van der Waals surface area (Å²) < 4.78 is 5.15. The second-order valence-electron chi connectivity index (χ2n) is 6.64. The first-order chi connectivity index (χ1) is 12.6. The van der Waals surface area contributed by atoms with Crippen molar-refractivity contribution >= 4 is 17.5 Å².